The van der Waals surface area contributed by atoms with Gasteiger partial charge in [-0.3, -0.25) is 9.89 Å². The highest BCUT2D eigenvalue weighted by Gasteiger charge is 2.23. The Morgan fingerprint density at radius 2 is 1.77 bits per heavy atom. The molecule has 0 aromatic rings. The van der Waals surface area contributed by atoms with Crippen LogP contribution in [0.4, 0.5) is 0 Å². The lowest BCUT2D eigenvalue weighted by Gasteiger charge is -2.37. The zero-order chi connectivity index (χ0) is 18.5. The summed E-state index contributed by atoms with van der Waals surface area (Å²) in [6.45, 7) is 18.2. The maximum Gasteiger partial charge on any atom is 0.191 e. The summed E-state index contributed by atoms with van der Waals surface area (Å²) in [7, 11) is 1.85. The SMILES string of the molecule is CCN(CC)CCCCNC(=NC)NCC(C(C)C)N1CCOCC1.I. The lowest BCUT2D eigenvalue weighted by atomic mass is 10.0. The molecule has 1 saturated heterocycles. The average Bonchev–Trinajstić information content (AvgIpc) is 2.63. The highest BCUT2D eigenvalue weighted by molar-refractivity contribution is 14.0. The first kappa shape index (κ1) is 25.9. The van der Waals surface area contributed by atoms with E-state index in [2.05, 4.69) is 53.1 Å². The number of unbranched alkanes of at least 4 members (excludes halogenated alkanes) is 1. The third-order valence-corrected chi connectivity index (χ3v) is 5.07. The number of ether oxygens (including phenoxy) is 1. The van der Waals surface area contributed by atoms with Crippen LogP contribution in [0.1, 0.15) is 40.5 Å². The minimum Gasteiger partial charge on any atom is -0.379 e. The van der Waals surface area contributed by atoms with Crippen LogP contribution in [0.25, 0.3) is 0 Å². The van der Waals surface area contributed by atoms with E-state index in [1.807, 2.05) is 7.05 Å². The summed E-state index contributed by atoms with van der Waals surface area (Å²) in [6.07, 6.45) is 2.41. The standard InChI is InChI=1S/C19H41N5O.HI/c1-6-23(7-2)11-9-8-10-21-19(20-5)22-16-18(17(3)4)24-12-14-25-15-13-24;/h17-18H,6-16H2,1-5H3,(H2,20,21,22);1H. The van der Waals surface area contributed by atoms with Crippen molar-refractivity contribution < 1.29 is 4.74 Å². The quantitative estimate of drug-likeness (QED) is 0.204. The molecule has 1 unspecified atom stereocenters. The Kier molecular flexibility index (Phi) is 15.8. The number of hydrogen-bond donors (Lipinski definition) is 2. The highest BCUT2D eigenvalue weighted by Crippen LogP contribution is 2.12. The molecule has 0 aliphatic carbocycles. The van der Waals surface area contributed by atoms with Crippen LogP contribution in [-0.2, 0) is 4.74 Å². The van der Waals surface area contributed by atoms with Crippen molar-refractivity contribution >= 4 is 29.9 Å². The Balaban J connectivity index is 0.00000625. The summed E-state index contributed by atoms with van der Waals surface area (Å²) < 4.78 is 5.48. The number of guanidine groups is 1. The first-order valence-electron chi connectivity index (χ1n) is 10.1. The van der Waals surface area contributed by atoms with Crippen LogP contribution in [0.3, 0.4) is 0 Å². The lowest BCUT2D eigenvalue weighted by molar-refractivity contribution is 0.00752. The van der Waals surface area contributed by atoms with Gasteiger partial charge < -0.3 is 20.3 Å². The van der Waals surface area contributed by atoms with Gasteiger partial charge in [0.1, 0.15) is 0 Å². The predicted octanol–water partition coefficient (Wildman–Crippen LogP) is 2.25. The Morgan fingerprint density at radius 3 is 2.31 bits per heavy atom. The molecule has 1 fully saturated rings. The summed E-state index contributed by atoms with van der Waals surface area (Å²) in [4.78, 5) is 9.39. The number of aliphatic imine (C=N–C) groups is 1. The van der Waals surface area contributed by atoms with Gasteiger partial charge in [0.15, 0.2) is 5.96 Å². The first-order valence-corrected chi connectivity index (χ1v) is 10.1. The van der Waals surface area contributed by atoms with Crippen molar-refractivity contribution in [3.8, 4) is 0 Å². The maximum absolute atomic E-state index is 5.48. The second-order valence-corrected chi connectivity index (χ2v) is 7.07. The van der Waals surface area contributed by atoms with Gasteiger partial charge in [-0.05, 0) is 38.4 Å². The molecule has 0 spiro atoms. The fraction of sp³-hybridized carbons (Fsp3) is 0.947. The van der Waals surface area contributed by atoms with Gasteiger partial charge in [0.05, 0.1) is 13.2 Å². The molecule has 1 aliphatic heterocycles. The fourth-order valence-electron chi connectivity index (χ4n) is 3.32. The molecule has 6 nitrogen and oxygen atoms in total. The topological polar surface area (TPSA) is 52.1 Å². The van der Waals surface area contributed by atoms with Crippen LogP contribution >= 0.6 is 24.0 Å². The van der Waals surface area contributed by atoms with Crippen molar-refractivity contribution in [2.45, 2.75) is 46.6 Å². The maximum atomic E-state index is 5.48. The molecule has 0 aromatic carbocycles. The Morgan fingerprint density at radius 1 is 1.12 bits per heavy atom. The van der Waals surface area contributed by atoms with E-state index in [1.165, 1.54) is 19.4 Å². The van der Waals surface area contributed by atoms with Gasteiger partial charge in [-0.25, -0.2) is 0 Å². The molecule has 7 heteroatoms. The van der Waals surface area contributed by atoms with Crippen molar-refractivity contribution in [2.24, 2.45) is 10.9 Å². The van der Waals surface area contributed by atoms with E-state index < -0.39 is 0 Å². The molecule has 0 amide bonds. The lowest BCUT2D eigenvalue weighted by Crippen LogP contribution is -2.52. The van der Waals surface area contributed by atoms with Crippen LogP contribution in [-0.4, -0.2) is 87.9 Å². The van der Waals surface area contributed by atoms with Crippen molar-refractivity contribution in [2.75, 3.05) is 66.1 Å². The van der Waals surface area contributed by atoms with Crippen LogP contribution in [0, 0.1) is 5.92 Å². The number of nitrogens with zero attached hydrogens (tertiary/aromatic N) is 3. The van der Waals surface area contributed by atoms with Crippen molar-refractivity contribution in [1.82, 2.24) is 20.4 Å². The van der Waals surface area contributed by atoms with Crippen LogP contribution in [0.5, 0.6) is 0 Å². The van der Waals surface area contributed by atoms with E-state index in [4.69, 9.17) is 4.74 Å². The van der Waals surface area contributed by atoms with Gasteiger partial charge in [-0.1, -0.05) is 27.7 Å². The number of morpholine rings is 1. The van der Waals surface area contributed by atoms with E-state index in [0.29, 0.717) is 12.0 Å². The van der Waals surface area contributed by atoms with E-state index in [-0.39, 0.29) is 24.0 Å². The molecule has 0 bridgehead atoms. The van der Waals surface area contributed by atoms with Gasteiger partial charge in [0.2, 0.25) is 0 Å². The normalized spacial score (nSPS) is 17.3. The summed E-state index contributed by atoms with van der Waals surface area (Å²) in [5.41, 5.74) is 0. The van der Waals surface area contributed by atoms with E-state index in [0.717, 1.165) is 58.4 Å². The Bertz CT molecular complexity index is 358. The largest absolute Gasteiger partial charge is 0.379 e. The van der Waals surface area contributed by atoms with Gasteiger partial charge in [0.25, 0.3) is 0 Å². The second-order valence-electron chi connectivity index (χ2n) is 7.07. The molecule has 1 atom stereocenters. The molecule has 156 valence electrons. The molecule has 2 N–H and O–H groups in total. The number of rotatable bonds is 11. The fourth-order valence-corrected chi connectivity index (χ4v) is 3.32. The summed E-state index contributed by atoms with van der Waals surface area (Å²) in [5.74, 6) is 1.53. The number of nitrogens with one attached hydrogen (secondary N) is 2. The molecule has 26 heavy (non-hydrogen) atoms. The Hall–Kier alpha value is -0.120. The van der Waals surface area contributed by atoms with E-state index >= 15 is 0 Å². The average molecular weight is 483 g/mol. The molecule has 1 rings (SSSR count). The summed E-state index contributed by atoms with van der Waals surface area (Å²) >= 11 is 0. The molecule has 1 heterocycles. The van der Waals surface area contributed by atoms with E-state index in [1.54, 1.807) is 0 Å². The van der Waals surface area contributed by atoms with Gasteiger partial charge >= 0.3 is 0 Å². The zero-order valence-electron chi connectivity index (χ0n) is 17.6. The molecular weight excluding hydrogens is 441 g/mol. The molecular formula is C19H42IN5O. The predicted molar refractivity (Wildman–Crippen MR) is 123 cm³/mol. The third-order valence-electron chi connectivity index (χ3n) is 5.07. The van der Waals surface area contributed by atoms with Crippen molar-refractivity contribution in [3.05, 3.63) is 0 Å². The summed E-state index contributed by atoms with van der Waals surface area (Å²) in [5, 5.41) is 6.97. The van der Waals surface area contributed by atoms with Crippen molar-refractivity contribution in [1.29, 1.82) is 0 Å². The highest BCUT2D eigenvalue weighted by atomic mass is 127. The molecule has 0 saturated carbocycles. The van der Waals surface area contributed by atoms with Crippen LogP contribution in [0.2, 0.25) is 0 Å². The number of halogens is 1. The van der Waals surface area contributed by atoms with Gasteiger partial charge in [-0.2, -0.15) is 0 Å². The molecule has 0 radical (unpaired) electrons. The van der Waals surface area contributed by atoms with Crippen LogP contribution < -0.4 is 10.6 Å². The smallest absolute Gasteiger partial charge is 0.191 e. The third kappa shape index (κ3) is 10.3. The molecule has 0 aromatic heterocycles. The molecule has 1 aliphatic rings. The number of hydrogen-bond acceptors (Lipinski definition) is 4. The van der Waals surface area contributed by atoms with Crippen molar-refractivity contribution in [3.63, 3.8) is 0 Å². The minimum atomic E-state index is 0. The van der Waals surface area contributed by atoms with E-state index in [9.17, 15) is 0 Å². The van der Waals surface area contributed by atoms with Gasteiger partial charge in [-0.15, -0.1) is 24.0 Å². The zero-order valence-corrected chi connectivity index (χ0v) is 19.9. The van der Waals surface area contributed by atoms with Crippen LogP contribution in [0.15, 0.2) is 4.99 Å². The second kappa shape index (κ2) is 15.9. The van der Waals surface area contributed by atoms with Gasteiger partial charge in [0, 0.05) is 39.3 Å². The Labute approximate surface area is 178 Å². The minimum absolute atomic E-state index is 0. The summed E-state index contributed by atoms with van der Waals surface area (Å²) in [6, 6.07) is 0.519. The monoisotopic (exact) mass is 483 g/mol. The first-order chi connectivity index (χ1) is 12.1.